The Morgan fingerprint density at radius 3 is 0.989 bits per heavy atom. The molecule has 0 aliphatic heterocycles. The lowest BCUT2D eigenvalue weighted by molar-refractivity contribution is -0.870. The van der Waals surface area contributed by atoms with Crippen molar-refractivity contribution in [3.8, 4) is 0 Å². The maximum absolute atomic E-state index is 12.9. The van der Waals surface area contributed by atoms with Crippen LogP contribution in [0.1, 0.15) is 258 Å². The molecule has 0 amide bonds. The minimum atomic E-state index is -1.53. The van der Waals surface area contributed by atoms with Crippen LogP contribution >= 0.6 is 0 Å². The molecular weight excluding hydrogens is 1080 g/mol. The second-order valence-corrected chi connectivity index (χ2v) is 23.7. The molecule has 0 aromatic rings. The fourth-order valence-electron chi connectivity index (χ4n) is 8.99. The summed E-state index contributed by atoms with van der Waals surface area (Å²) in [6.07, 6.45) is 96.3. The number of hydrogen-bond acceptors (Lipinski definition) is 7. The molecule has 0 rings (SSSR count). The number of unbranched alkanes of at least 4 members (excludes halogenated alkanes) is 21. The Morgan fingerprint density at radius 2 is 0.655 bits per heavy atom. The van der Waals surface area contributed by atoms with Gasteiger partial charge in [-0.1, -0.05) is 275 Å². The Balaban J connectivity index is 4.24. The third kappa shape index (κ3) is 68.3. The number of rotatable bonds is 62. The molecule has 9 heteroatoms. The zero-order valence-corrected chi connectivity index (χ0v) is 56.1. The lowest BCUT2D eigenvalue weighted by atomic mass is 10.1. The van der Waals surface area contributed by atoms with Crippen molar-refractivity contribution >= 4 is 17.9 Å². The number of carboxylic acids is 1. The average Bonchev–Trinajstić information content (AvgIpc) is 3.59. The third-order valence-corrected chi connectivity index (χ3v) is 14.3. The summed E-state index contributed by atoms with van der Waals surface area (Å²) in [5, 5.41) is 9.73. The molecule has 1 N–H and O–H groups in total. The highest BCUT2D eigenvalue weighted by Gasteiger charge is 2.25. The monoisotopic (exact) mass is 1210 g/mol. The van der Waals surface area contributed by atoms with Gasteiger partial charge in [0.05, 0.1) is 34.4 Å². The zero-order valence-electron chi connectivity index (χ0n) is 56.1. The predicted molar refractivity (Wildman–Crippen MR) is 373 cm³/mol. The molecule has 0 heterocycles. The van der Waals surface area contributed by atoms with Crippen LogP contribution in [0.3, 0.4) is 0 Å². The van der Waals surface area contributed by atoms with E-state index in [2.05, 4.69) is 172 Å². The van der Waals surface area contributed by atoms with E-state index in [0.717, 1.165) is 122 Å². The van der Waals surface area contributed by atoms with Crippen LogP contribution in [0.5, 0.6) is 0 Å². The SMILES string of the molecule is CC/C=C\C/C=C\C/C=C\C/C=C\C/C=C\C/C=C\C/C=C\C/C=C\C/C=C\C/C=C\C/C=C\C/C=C\CCCCCCC(=O)OC(COC(=O)CCCCCCCCCCC/C=C\CCCCCCCCCC)COC(OCC[N+](C)(C)C)C(=O)O. The highest BCUT2D eigenvalue weighted by molar-refractivity contribution is 5.71. The zero-order chi connectivity index (χ0) is 63.3. The van der Waals surface area contributed by atoms with Crippen molar-refractivity contribution in [1.82, 2.24) is 0 Å². The fraction of sp³-hybridized carbons (Fsp3) is 0.628. The molecule has 0 fully saturated rings. The van der Waals surface area contributed by atoms with Crippen molar-refractivity contribution in [2.75, 3.05) is 47.5 Å². The van der Waals surface area contributed by atoms with E-state index in [4.69, 9.17) is 18.9 Å². The first kappa shape index (κ1) is 81.9. The van der Waals surface area contributed by atoms with E-state index in [-0.39, 0.29) is 38.6 Å². The molecule has 87 heavy (non-hydrogen) atoms. The number of allylic oxidation sites excluding steroid dienone is 26. The number of esters is 2. The summed E-state index contributed by atoms with van der Waals surface area (Å²) in [6, 6.07) is 0. The van der Waals surface area contributed by atoms with Gasteiger partial charge in [-0.05, 0) is 128 Å². The largest absolute Gasteiger partial charge is 0.477 e. The molecule has 0 aliphatic rings. The second kappa shape index (κ2) is 66.9. The van der Waals surface area contributed by atoms with Gasteiger partial charge in [-0.25, -0.2) is 4.79 Å². The molecule has 0 bridgehead atoms. The van der Waals surface area contributed by atoms with Gasteiger partial charge in [-0.15, -0.1) is 0 Å². The summed E-state index contributed by atoms with van der Waals surface area (Å²) in [7, 11) is 5.95. The van der Waals surface area contributed by atoms with Crippen LogP contribution in [-0.4, -0.2) is 87.4 Å². The molecule has 2 unspecified atom stereocenters. The molecule has 2 atom stereocenters. The molecular formula is C78H128NO8+. The summed E-state index contributed by atoms with van der Waals surface area (Å²) in [4.78, 5) is 37.6. The van der Waals surface area contributed by atoms with Crippen molar-refractivity contribution in [2.45, 2.75) is 270 Å². The van der Waals surface area contributed by atoms with Gasteiger partial charge in [-0.2, -0.15) is 0 Å². The van der Waals surface area contributed by atoms with Gasteiger partial charge in [0.2, 0.25) is 0 Å². The summed E-state index contributed by atoms with van der Waals surface area (Å²) >= 11 is 0. The number of carbonyl (C=O) groups excluding carboxylic acids is 2. The van der Waals surface area contributed by atoms with Gasteiger partial charge < -0.3 is 28.5 Å². The first-order valence-corrected chi connectivity index (χ1v) is 34.6. The van der Waals surface area contributed by atoms with Crippen molar-refractivity contribution in [3.05, 3.63) is 158 Å². The Kier molecular flexibility index (Phi) is 62.9. The number of ether oxygens (including phenoxy) is 4. The molecule has 0 saturated heterocycles. The van der Waals surface area contributed by atoms with Crippen LogP contribution in [0, 0.1) is 0 Å². The fourth-order valence-corrected chi connectivity index (χ4v) is 8.99. The number of quaternary nitrogens is 1. The number of carbonyl (C=O) groups is 3. The molecule has 0 aromatic carbocycles. The Bertz CT molecular complexity index is 1990. The minimum absolute atomic E-state index is 0.174. The molecule has 9 nitrogen and oxygen atoms in total. The summed E-state index contributed by atoms with van der Waals surface area (Å²) in [5.74, 6) is -2.05. The van der Waals surface area contributed by atoms with E-state index in [1.54, 1.807) is 0 Å². The van der Waals surface area contributed by atoms with Gasteiger partial charge >= 0.3 is 17.9 Å². The Morgan fingerprint density at radius 1 is 0.356 bits per heavy atom. The Hall–Kier alpha value is -5.09. The van der Waals surface area contributed by atoms with Crippen molar-refractivity contribution in [1.29, 1.82) is 0 Å². The van der Waals surface area contributed by atoms with Crippen molar-refractivity contribution in [3.63, 3.8) is 0 Å². The number of likely N-dealkylation sites (N-methyl/N-ethyl adjacent to an activating group) is 1. The molecule has 492 valence electrons. The normalized spacial score (nSPS) is 13.7. The minimum Gasteiger partial charge on any atom is -0.477 e. The summed E-state index contributed by atoms with van der Waals surface area (Å²) in [5.41, 5.74) is 0. The average molecular weight is 1210 g/mol. The highest BCUT2D eigenvalue weighted by Crippen LogP contribution is 2.15. The van der Waals surface area contributed by atoms with E-state index in [9.17, 15) is 19.5 Å². The summed E-state index contributed by atoms with van der Waals surface area (Å²) < 4.78 is 22.9. The van der Waals surface area contributed by atoms with Crippen LogP contribution < -0.4 is 0 Å². The van der Waals surface area contributed by atoms with Crippen molar-refractivity contribution < 1.29 is 42.9 Å². The van der Waals surface area contributed by atoms with Crippen LogP contribution in [-0.2, 0) is 33.3 Å². The third-order valence-electron chi connectivity index (χ3n) is 14.3. The lowest BCUT2D eigenvalue weighted by Crippen LogP contribution is -2.40. The molecule has 0 radical (unpaired) electrons. The van der Waals surface area contributed by atoms with E-state index in [1.807, 2.05) is 21.1 Å². The number of hydrogen-bond donors (Lipinski definition) is 1. The van der Waals surface area contributed by atoms with E-state index >= 15 is 0 Å². The van der Waals surface area contributed by atoms with Gasteiger partial charge in [0, 0.05) is 12.8 Å². The smallest absolute Gasteiger partial charge is 0.361 e. The van der Waals surface area contributed by atoms with Crippen molar-refractivity contribution in [2.24, 2.45) is 0 Å². The van der Waals surface area contributed by atoms with Gasteiger partial charge in [0.1, 0.15) is 13.2 Å². The van der Waals surface area contributed by atoms with Gasteiger partial charge in [-0.3, -0.25) is 9.59 Å². The summed E-state index contributed by atoms with van der Waals surface area (Å²) in [6.45, 7) is 4.73. The van der Waals surface area contributed by atoms with Crippen LogP contribution in [0.2, 0.25) is 0 Å². The molecule has 0 spiro atoms. The van der Waals surface area contributed by atoms with Crippen LogP contribution in [0.4, 0.5) is 0 Å². The molecule has 0 aromatic heterocycles. The maximum Gasteiger partial charge on any atom is 0.361 e. The maximum atomic E-state index is 12.9. The quantitative estimate of drug-likeness (QED) is 0.0211. The highest BCUT2D eigenvalue weighted by atomic mass is 16.7. The van der Waals surface area contributed by atoms with E-state index < -0.39 is 24.3 Å². The standard InChI is InChI=1S/C78H127NO8/c1-6-8-10-12-14-16-18-20-22-24-26-28-29-30-31-32-33-34-35-36-37-38-39-40-41-42-43-44-45-46-47-49-51-53-55-57-59-61-63-65-67-69-76(81)87-74(73-86-78(77(82)83)84-71-70-79(3,4)5)72-85-75(80)68-66-64-62-60-58-56-54-52-50-48-27-25-23-21-19-17-15-13-11-9-7-2/h8,10,14,16,20,22,25-28,30-31,33-34,36-37,39-40,42-43,45-46,49,51,55,57,74,78H,6-7,9,11-13,15,17-19,21,23-24,29,32,35,38,41,44,47-48,50,52-54,56,58-73H2,1-5H3/p+1/b10-8-,16-14-,22-20-,27-25-,28-26-,31-30-,34-33-,37-36-,40-39-,43-42-,46-45-,51-49-,57-55-. The molecule has 0 saturated carbocycles. The predicted octanol–water partition coefficient (Wildman–Crippen LogP) is 21.7. The lowest BCUT2D eigenvalue weighted by Gasteiger charge is -2.25. The van der Waals surface area contributed by atoms with Gasteiger partial charge in [0.15, 0.2) is 6.10 Å². The number of carboxylic acid groups (broad SMARTS) is 1. The number of nitrogens with zero attached hydrogens (tertiary/aromatic N) is 1. The van der Waals surface area contributed by atoms with E-state index in [1.165, 1.54) is 103 Å². The number of aliphatic carboxylic acids is 1. The first-order chi connectivity index (χ1) is 42.6. The Labute approximate surface area is 534 Å². The second-order valence-electron chi connectivity index (χ2n) is 23.7. The topological polar surface area (TPSA) is 108 Å². The first-order valence-electron chi connectivity index (χ1n) is 34.6. The van der Waals surface area contributed by atoms with Gasteiger partial charge in [0.25, 0.3) is 6.29 Å². The van der Waals surface area contributed by atoms with E-state index in [0.29, 0.717) is 17.4 Å². The molecule has 0 aliphatic carbocycles. The van der Waals surface area contributed by atoms with Crippen LogP contribution in [0.25, 0.3) is 0 Å². The van der Waals surface area contributed by atoms with Crippen LogP contribution in [0.15, 0.2) is 158 Å².